The smallest absolute Gasteiger partial charge is 0.250 e. The van der Waals surface area contributed by atoms with Crippen molar-refractivity contribution in [3.8, 4) is 0 Å². The lowest BCUT2D eigenvalue weighted by atomic mass is 10.0. The van der Waals surface area contributed by atoms with Crippen molar-refractivity contribution in [3.63, 3.8) is 0 Å². The first-order chi connectivity index (χ1) is 8.90. The molecule has 5 nitrogen and oxygen atoms in total. The highest BCUT2D eigenvalue weighted by Crippen LogP contribution is 2.23. The van der Waals surface area contributed by atoms with E-state index in [0.717, 1.165) is 17.8 Å². The molecular weight excluding hydrogens is 304 g/mol. The van der Waals surface area contributed by atoms with Crippen LogP contribution < -0.4 is 10.5 Å². The van der Waals surface area contributed by atoms with E-state index in [0.29, 0.717) is 18.1 Å². The first kappa shape index (κ1) is 14.9. The van der Waals surface area contributed by atoms with Gasteiger partial charge in [-0.1, -0.05) is 12.2 Å². The van der Waals surface area contributed by atoms with Crippen LogP contribution in [0.1, 0.15) is 18.2 Å². The number of thiophene rings is 1. The van der Waals surface area contributed by atoms with E-state index in [-0.39, 0.29) is 21.2 Å². The van der Waals surface area contributed by atoms with E-state index in [9.17, 15) is 8.42 Å². The average molecular weight is 320 g/mol. The molecule has 0 amide bonds. The molecule has 0 aliphatic carbocycles. The first-order valence-corrected chi connectivity index (χ1v) is 8.60. The Morgan fingerprint density at radius 1 is 1.63 bits per heavy atom. The minimum atomic E-state index is -3.51. The van der Waals surface area contributed by atoms with Crippen LogP contribution in [0.2, 0.25) is 0 Å². The van der Waals surface area contributed by atoms with Crippen LogP contribution in [0.3, 0.4) is 0 Å². The van der Waals surface area contributed by atoms with Gasteiger partial charge in [0.25, 0.3) is 0 Å². The zero-order valence-corrected chi connectivity index (χ0v) is 12.9. The van der Waals surface area contributed by atoms with E-state index in [1.54, 1.807) is 6.07 Å². The van der Waals surface area contributed by atoms with Crippen LogP contribution in [-0.4, -0.2) is 32.7 Å². The van der Waals surface area contributed by atoms with Gasteiger partial charge < -0.3 is 10.5 Å². The highest BCUT2D eigenvalue weighted by atomic mass is 32.2. The monoisotopic (exact) mass is 320 g/mol. The lowest BCUT2D eigenvalue weighted by Gasteiger charge is -2.18. The van der Waals surface area contributed by atoms with Gasteiger partial charge in [0, 0.05) is 18.6 Å². The third-order valence-corrected chi connectivity index (χ3v) is 6.62. The van der Waals surface area contributed by atoms with Crippen molar-refractivity contribution < 1.29 is 13.2 Å². The van der Waals surface area contributed by atoms with Gasteiger partial charge in [-0.15, -0.1) is 11.3 Å². The maximum atomic E-state index is 12.2. The second kappa shape index (κ2) is 5.84. The van der Waals surface area contributed by atoms with Gasteiger partial charge in [0.15, 0.2) is 0 Å². The first-order valence-electron chi connectivity index (χ1n) is 5.90. The number of sulfonamides is 1. The molecule has 1 fully saturated rings. The van der Waals surface area contributed by atoms with E-state index in [2.05, 4.69) is 4.72 Å². The van der Waals surface area contributed by atoms with Crippen LogP contribution in [0.15, 0.2) is 16.3 Å². The summed E-state index contributed by atoms with van der Waals surface area (Å²) in [6, 6.07) is 3.01. The van der Waals surface area contributed by atoms with Crippen molar-refractivity contribution in [3.05, 3.63) is 17.0 Å². The number of ether oxygens (including phenoxy) is 1. The van der Waals surface area contributed by atoms with Gasteiger partial charge in [0.1, 0.15) is 9.20 Å². The van der Waals surface area contributed by atoms with Crippen molar-refractivity contribution >= 4 is 38.6 Å². The Hall–Kier alpha value is -0.540. The van der Waals surface area contributed by atoms with Crippen LogP contribution in [-0.2, 0) is 14.8 Å². The molecule has 19 heavy (non-hydrogen) atoms. The van der Waals surface area contributed by atoms with Gasteiger partial charge >= 0.3 is 0 Å². The number of hydrogen-bond acceptors (Lipinski definition) is 5. The number of thiocarbonyl (C=S) groups is 1. The molecule has 8 heteroatoms. The maximum Gasteiger partial charge on any atom is 0.250 e. The quantitative estimate of drug-likeness (QED) is 0.794. The van der Waals surface area contributed by atoms with Crippen molar-refractivity contribution in [1.82, 2.24) is 4.72 Å². The SMILES string of the molecule is CC(NS(=O)(=O)c1ccc(C(N)=S)s1)C1CCOC1. The fraction of sp³-hybridized carbons (Fsp3) is 0.545. The molecule has 1 aromatic rings. The predicted molar refractivity (Wildman–Crippen MR) is 78.9 cm³/mol. The van der Waals surface area contributed by atoms with E-state index < -0.39 is 10.0 Å². The van der Waals surface area contributed by atoms with Gasteiger partial charge in [0.05, 0.1) is 11.5 Å². The molecule has 1 saturated heterocycles. The Bertz CT molecular complexity index is 561. The zero-order chi connectivity index (χ0) is 14.0. The van der Waals surface area contributed by atoms with Crippen molar-refractivity contribution in [2.45, 2.75) is 23.6 Å². The fourth-order valence-electron chi connectivity index (χ4n) is 1.94. The number of nitrogens with one attached hydrogen (secondary N) is 1. The molecule has 0 saturated carbocycles. The second-order valence-corrected chi connectivity index (χ2v) is 7.98. The van der Waals surface area contributed by atoms with Crippen LogP contribution in [0.4, 0.5) is 0 Å². The van der Waals surface area contributed by atoms with Gasteiger partial charge in [-0.3, -0.25) is 0 Å². The third-order valence-electron chi connectivity index (χ3n) is 3.10. The summed E-state index contributed by atoms with van der Waals surface area (Å²) in [5.74, 6) is 0.227. The molecule has 2 heterocycles. The molecule has 1 aliphatic rings. The summed E-state index contributed by atoms with van der Waals surface area (Å²) in [6.45, 7) is 3.16. The second-order valence-electron chi connectivity index (χ2n) is 4.52. The third kappa shape index (κ3) is 3.51. The topological polar surface area (TPSA) is 81.4 Å². The summed E-state index contributed by atoms with van der Waals surface area (Å²) in [5, 5.41) is 0. The van der Waals surface area contributed by atoms with Crippen molar-refractivity contribution in [2.24, 2.45) is 11.7 Å². The lowest BCUT2D eigenvalue weighted by molar-refractivity contribution is 0.180. The molecule has 2 rings (SSSR count). The summed E-state index contributed by atoms with van der Waals surface area (Å²) >= 11 is 5.91. The Balaban J connectivity index is 2.10. The largest absolute Gasteiger partial charge is 0.389 e. The molecule has 2 atom stereocenters. The van der Waals surface area contributed by atoms with E-state index in [1.807, 2.05) is 6.92 Å². The molecule has 0 spiro atoms. The molecule has 0 radical (unpaired) electrons. The molecule has 2 unspecified atom stereocenters. The van der Waals surface area contributed by atoms with Crippen LogP contribution >= 0.6 is 23.6 Å². The minimum absolute atomic E-state index is 0.150. The summed E-state index contributed by atoms with van der Waals surface area (Å²) in [4.78, 5) is 0.816. The Morgan fingerprint density at radius 3 is 2.89 bits per heavy atom. The van der Waals surface area contributed by atoms with Gasteiger partial charge in [-0.25, -0.2) is 13.1 Å². The van der Waals surface area contributed by atoms with Crippen molar-refractivity contribution in [1.29, 1.82) is 0 Å². The normalized spacial score (nSPS) is 21.4. The minimum Gasteiger partial charge on any atom is -0.389 e. The Kier molecular flexibility index (Phi) is 4.57. The Morgan fingerprint density at radius 2 is 2.37 bits per heavy atom. The molecule has 106 valence electrons. The number of hydrogen-bond donors (Lipinski definition) is 2. The number of rotatable bonds is 5. The maximum absolute atomic E-state index is 12.2. The molecular formula is C11H16N2O3S3. The summed E-state index contributed by atoms with van der Waals surface area (Å²) < 4.78 is 32.6. The van der Waals surface area contributed by atoms with E-state index in [4.69, 9.17) is 22.7 Å². The van der Waals surface area contributed by atoms with E-state index in [1.165, 1.54) is 6.07 Å². The zero-order valence-electron chi connectivity index (χ0n) is 10.5. The fourth-order valence-corrected chi connectivity index (χ4v) is 4.62. The van der Waals surface area contributed by atoms with Gasteiger partial charge in [0.2, 0.25) is 10.0 Å². The van der Waals surface area contributed by atoms with E-state index >= 15 is 0 Å². The lowest BCUT2D eigenvalue weighted by Crippen LogP contribution is -2.38. The molecule has 1 aliphatic heterocycles. The highest BCUT2D eigenvalue weighted by molar-refractivity contribution is 7.91. The molecule has 1 aromatic heterocycles. The average Bonchev–Trinajstić information content (AvgIpc) is 3.00. The number of nitrogens with two attached hydrogens (primary N) is 1. The van der Waals surface area contributed by atoms with Crippen LogP contribution in [0.5, 0.6) is 0 Å². The van der Waals surface area contributed by atoms with Crippen LogP contribution in [0, 0.1) is 5.92 Å². The van der Waals surface area contributed by atoms with Crippen molar-refractivity contribution in [2.75, 3.05) is 13.2 Å². The van der Waals surface area contributed by atoms with Crippen LogP contribution in [0.25, 0.3) is 0 Å². The molecule has 0 aromatic carbocycles. The summed E-state index contributed by atoms with van der Waals surface area (Å²) in [6.07, 6.45) is 0.881. The summed E-state index contributed by atoms with van der Waals surface area (Å²) in [5.41, 5.74) is 5.48. The van der Waals surface area contributed by atoms with Gasteiger partial charge in [-0.05, 0) is 25.5 Å². The molecule has 0 bridgehead atoms. The predicted octanol–water partition coefficient (Wildman–Crippen LogP) is 1.09. The summed E-state index contributed by atoms with van der Waals surface area (Å²) in [7, 11) is -3.51. The Labute approximate surface area is 122 Å². The van der Waals surface area contributed by atoms with Gasteiger partial charge in [-0.2, -0.15) is 0 Å². The molecule has 3 N–H and O–H groups in total. The highest BCUT2D eigenvalue weighted by Gasteiger charge is 2.27. The standard InChI is InChI=1S/C11H16N2O3S3/c1-7(8-4-5-16-6-8)13-19(14,15)10-3-2-9(18-10)11(12)17/h2-3,7-8,13H,4-6H2,1H3,(H2,12,17).